The van der Waals surface area contributed by atoms with Crippen LogP contribution >= 0.6 is 11.6 Å². The maximum Gasteiger partial charge on any atom is 0.262 e. The highest BCUT2D eigenvalue weighted by atomic mass is 35.5. The van der Waals surface area contributed by atoms with E-state index in [4.69, 9.17) is 21.1 Å². The molecule has 2 N–H and O–H groups in total. The number of sulfonamides is 1. The van der Waals surface area contributed by atoms with Crippen LogP contribution in [0, 0.1) is 5.92 Å². The minimum Gasteiger partial charge on any atom is -0.495 e. The van der Waals surface area contributed by atoms with Crippen molar-refractivity contribution in [1.82, 2.24) is 4.31 Å². The van der Waals surface area contributed by atoms with Crippen molar-refractivity contribution in [2.45, 2.75) is 17.7 Å². The molecule has 0 unspecified atom stereocenters. The Labute approximate surface area is 190 Å². The molecule has 2 aliphatic heterocycles. The van der Waals surface area contributed by atoms with Crippen LogP contribution in [0.5, 0.6) is 11.5 Å². The fourth-order valence-corrected chi connectivity index (χ4v) is 5.75. The Balaban J connectivity index is 1.45. The van der Waals surface area contributed by atoms with E-state index in [0.29, 0.717) is 30.0 Å². The number of ether oxygens (including phenoxy) is 2. The molecule has 170 valence electrons. The monoisotopic (exact) mass is 479 g/mol. The Hall–Kier alpha value is -2.82. The third kappa shape index (κ3) is 4.38. The Bertz CT molecular complexity index is 1160. The molecule has 2 aliphatic rings. The highest BCUT2D eigenvalue weighted by Crippen LogP contribution is 2.37. The van der Waals surface area contributed by atoms with Gasteiger partial charge in [-0.3, -0.25) is 9.59 Å². The number of carbonyl (C=O) groups is 2. The van der Waals surface area contributed by atoms with Gasteiger partial charge in [0.05, 0.1) is 23.5 Å². The summed E-state index contributed by atoms with van der Waals surface area (Å²) in [7, 11) is -2.37. The second-order valence-corrected chi connectivity index (χ2v) is 9.80. The standard InChI is InChI=1S/C21H22ClN3O6S/c1-30-17-5-3-2-4-15(17)24-21(27)13-6-8-25(9-7-13)32(28,29)19-11-18-16(10-14(19)22)23-20(26)12-31-18/h2-5,10-11,13H,6-9,12H2,1H3,(H,23,26)(H,24,27). The van der Waals surface area contributed by atoms with Crippen molar-refractivity contribution in [2.24, 2.45) is 5.92 Å². The number of anilines is 2. The molecule has 0 aromatic heterocycles. The van der Waals surface area contributed by atoms with Gasteiger partial charge in [0.15, 0.2) is 6.61 Å². The lowest BCUT2D eigenvalue weighted by molar-refractivity contribution is -0.121. The number of halogens is 1. The van der Waals surface area contributed by atoms with Crippen LogP contribution in [0.4, 0.5) is 11.4 Å². The molecule has 0 radical (unpaired) electrons. The summed E-state index contributed by atoms with van der Waals surface area (Å²) < 4.78 is 38.3. The van der Waals surface area contributed by atoms with Gasteiger partial charge < -0.3 is 20.1 Å². The molecule has 32 heavy (non-hydrogen) atoms. The second kappa shape index (κ2) is 8.97. The zero-order valence-electron chi connectivity index (χ0n) is 17.3. The quantitative estimate of drug-likeness (QED) is 0.681. The minimum absolute atomic E-state index is 0.00871. The molecule has 1 fully saturated rings. The molecule has 2 aromatic carbocycles. The lowest BCUT2D eigenvalue weighted by Gasteiger charge is -2.31. The largest absolute Gasteiger partial charge is 0.495 e. The van der Waals surface area contributed by atoms with Crippen LogP contribution in [0.15, 0.2) is 41.3 Å². The SMILES string of the molecule is COc1ccccc1NC(=O)C1CCN(S(=O)(=O)c2cc3c(cc2Cl)NC(=O)CO3)CC1. The van der Waals surface area contributed by atoms with E-state index in [1.54, 1.807) is 18.2 Å². The summed E-state index contributed by atoms with van der Waals surface area (Å²) in [5.41, 5.74) is 0.903. The maximum atomic E-state index is 13.2. The zero-order valence-corrected chi connectivity index (χ0v) is 18.8. The second-order valence-electron chi connectivity index (χ2n) is 7.48. The number of amides is 2. The van der Waals surface area contributed by atoms with Crippen LogP contribution in [0.1, 0.15) is 12.8 Å². The number of hydrogen-bond donors (Lipinski definition) is 2. The number of piperidine rings is 1. The fourth-order valence-electron chi connectivity index (χ4n) is 3.76. The molecule has 0 saturated carbocycles. The van der Waals surface area contributed by atoms with E-state index in [2.05, 4.69) is 10.6 Å². The fraction of sp³-hybridized carbons (Fsp3) is 0.333. The van der Waals surface area contributed by atoms with Gasteiger partial charge in [0.1, 0.15) is 16.4 Å². The minimum atomic E-state index is -3.90. The van der Waals surface area contributed by atoms with E-state index in [9.17, 15) is 18.0 Å². The van der Waals surface area contributed by atoms with Crippen LogP contribution in [-0.4, -0.2) is 51.3 Å². The molecular weight excluding hydrogens is 458 g/mol. The van der Waals surface area contributed by atoms with Gasteiger partial charge >= 0.3 is 0 Å². The molecule has 11 heteroatoms. The molecular formula is C21H22ClN3O6S. The Morgan fingerprint density at radius 1 is 1.25 bits per heavy atom. The van der Waals surface area contributed by atoms with Gasteiger partial charge in [0.2, 0.25) is 15.9 Å². The van der Waals surface area contributed by atoms with Crippen LogP contribution in [0.2, 0.25) is 5.02 Å². The average Bonchev–Trinajstić information content (AvgIpc) is 2.78. The number of hydrogen-bond acceptors (Lipinski definition) is 6. The summed E-state index contributed by atoms with van der Waals surface area (Å²) in [5.74, 6) is -0.0379. The highest BCUT2D eigenvalue weighted by molar-refractivity contribution is 7.89. The number of methoxy groups -OCH3 is 1. The first kappa shape index (κ1) is 22.4. The third-order valence-corrected chi connectivity index (χ3v) is 7.84. The number of benzene rings is 2. The number of carbonyl (C=O) groups excluding carboxylic acids is 2. The Morgan fingerprint density at radius 3 is 2.69 bits per heavy atom. The molecule has 0 bridgehead atoms. The Morgan fingerprint density at radius 2 is 1.97 bits per heavy atom. The topological polar surface area (TPSA) is 114 Å². The van der Waals surface area contributed by atoms with Crippen LogP contribution in [-0.2, 0) is 19.6 Å². The van der Waals surface area contributed by atoms with E-state index >= 15 is 0 Å². The molecule has 0 aliphatic carbocycles. The number of para-hydroxylation sites is 2. The molecule has 2 aromatic rings. The lowest BCUT2D eigenvalue weighted by Crippen LogP contribution is -2.41. The first-order chi connectivity index (χ1) is 15.3. The van der Waals surface area contributed by atoms with Gasteiger partial charge in [-0.2, -0.15) is 4.31 Å². The molecule has 4 rings (SSSR count). The van der Waals surface area contributed by atoms with Crippen LogP contribution in [0.25, 0.3) is 0 Å². The normalized spacial score (nSPS) is 17.1. The maximum absolute atomic E-state index is 13.2. The van der Waals surface area contributed by atoms with Crippen molar-refractivity contribution in [1.29, 1.82) is 0 Å². The van der Waals surface area contributed by atoms with Crippen molar-refractivity contribution in [3.05, 3.63) is 41.4 Å². The summed E-state index contributed by atoms with van der Waals surface area (Å²) in [5, 5.41) is 5.45. The molecule has 2 amide bonds. The van der Waals surface area contributed by atoms with E-state index < -0.39 is 10.0 Å². The summed E-state index contributed by atoms with van der Waals surface area (Å²) in [6, 6.07) is 9.80. The van der Waals surface area contributed by atoms with Crippen LogP contribution in [0.3, 0.4) is 0 Å². The molecule has 0 spiro atoms. The third-order valence-electron chi connectivity index (χ3n) is 5.47. The van der Waals surface area contributed by atoms with Crippen molar-refractivity contribution in [3.63, 3.8) is 0 Å². The van der Waals surface area contributed by atoms with Crippen molar-refractivity contribution in [2.75, 3.05) is 37.4 Å². The predicted octanol–water partition coefficient (Wildman–Crippen LogP) is 2.72. The zero-order chi connectivity index (χ0) is 22.9. The van der Waals surface area contributed by atoms with Crippen LogP contribution < -0.4 is 20.1 Å². The van der Waals surface area contributed by atoms with E-state index in [0.717, 1.165) is 0 Å². The average molecular weight is 480 g/mol. The first-order valence-corrected chi connectivity index (χ1v) is 11.8. The number of nitrogens with zero attached hydrogens (tertiary/aromatic N) is 1. The number of fused-ring (bicyclic) bond motifs is 1. The van der Waals surface area contributed by atoms with E-state index in [1.165, 1.54) is 23.5 Å². The number of rotatable bonds is 5. The lowest BCUT2D eigenvalue weighted by atomic mass is 9.97. The van der Waals surface area contributed by atoms with Gasteiger partial charge in [0.25, 0.3) is 5.91 Å². The van der Waals surface area contributed by atoms with Crippen molar-refractivity contribution in [3.8, 4) is 11.5 Å². The molecule has 1 saturated heterocycles. The van der Waals surface area contributed by atoms with Gasteiger partial charge in [-0.15, -0.1) is 0 Å². The number of nitrogens with one attached hydrogen (secondary N) is 2. The molecule has 0 atom stereocenters. The highest BCUT2D eigenvalue weighted by Gasteiger charge is 2.34. The van der Waals surface area contributed by atoms with Gasteiger partial charge in [-0.1, -0.05) is 23.7 Å². The van der Waals surface area contributed by atoms with Gasteiger partial charge in [-0.25, -0.2) is 8.42 Å². The van der Waals surface area contributed by atoms with E-state index in [-0.39, 0.29) is 53.1 Å². The first-order valence-electron chi connectivity index (χ1n) is 10.00. The molecule has 2 heterocycles. The summed E-state index contributed by atoms with van der Waals surface area (Å²) in [6.07, 6.45) is 0.741. The van der Waals surface area contributed by atoms with Gasteiger partial charge in [0, 0.05) is 25.1 Å². The predicted molar refractivity (Wildman–Crippen MR) is 119 cm³/mol. The molecule has 9 nitrogen and oxygen atoms in total. The van der Waals surface area contributed by atoms with Crippen molar-refractivity contribution >= 4 is 44.8 Å². The van der Waals surface area contributed by atoms with Crippen molar-refractivity contribution < 1.29 is 27.5 Å². The van der Waals surface area contributed by atoms with Gasteiger partial charge in [-0.05, 0) is 31.0 Å². The van der Waals surface area contributed by atoms with E-state index in [1.807, 2.05) is 6.07 Å². The Kier molecular flexibility index (Phi) is 6.27. The summed E-state index contributed by atoms with van der Waals surface area (Å²) in [4.78, 5) is 24.1. The summed E-state index contributed by atoms with van der Waals surface area (Å²) >= 11 is 6.22. The smallest absolute Gasteiger partial charge is 0.262 e. The summed E-state index contributed by atoms with van der Waals surface area (Å²) in [6.45, 7) is 0.162.